The van der Waals surface area contributed by atoms with Crippen LogP contribution in [0.25, 0.3) is 5.76 Å². The third-order valence-electron chi connectivity index (χ3n) is 6.16. The van der Waals surface area contributed by atoms with Gasteiger partial charge in [-0.25, -0.2) is 0 Å². The number of amides is 1. The van der Waals surface area contributed by atoms with Crippen LogP contribution >= 0.6 is 0 Å². The summed E-state index contributed by atoms with van der Waals surface area (Å²) >= 11 is 0. The Kier molecular flexibility index (Phi) is 7.16. The first-order valence-corrected chi connectivity index (χ1v) is 11.6. The second-order valence-corrected chi connectivity index (χ2v) is 8.74. The number of aliphatic hydroxyl groups is 1. The Hall–Kier alpha value is -3.72. The molecule has 0 aromatic heterocycles. The van der Waals surface area contributed by atoms with Crippen molar-refractivity contribution in [3.63, 3.8) is 0 Å². The lowest BCUT2D eigenvalue weighted by molar-refractivity contribution is -0.858. The largest absolute Gasteiger partial charge is 0.507 e. The number of ketones is 1. The van der Waals surface area contributed by atoms with E-state index in [4.69, 9.17) is 18.9 Å². The number of benzene rings is 2. The molecule has 2 N–H and O–H groups in total. The first kappa shape index (κ1) is 24.4. The molecule has 0 unspecified atom stereocenters. The van der Waals surface area contributed by atoms with Crippen molar-refractivity contribution in [2.24, 2.45) is 0 Å². The molecule has 0 saturated carbocycles. The molecule has 0 radical (unpaired) electrons. The number of Topliss-reactive ketones (excluding diaryl/α,β-unsaturated/α-hetero) is 1. The molecule has 9 nitrogen and oxygen atoms in total. The Morgan fingerprint density at radius 1 is 1.09 bits per heavy atom. The second kappa shape index (κ2) is 10.3. The molecular formula is C26H31N2O7+. The average molecular weight is 484 g/mol. The summed E-state index contributed by atoms with van der Waals surface area (Å²) in [4.78, 5) is 29.3. The summed E-state index contributed by atoms with van der Waals surface area (Å²) in [7, 11) is 7.08. The monoisotopic (exact) mass is 483 g/mol. The minimum absolute atomic E-state index is 0.00423. The van der Waals surface area contributed by atoms with Crippen molar-refractivity contribution in [3.05, 3.63) is 53.1 Å². The van der Waals surface area contributed by atoms with Crippen LogP contribution in [0.1, 0.15) is 23.6 Å². The molecule has 0 aliphatic carbocycles. The van der Waals surface area contributed by atoms with Crippen LogP contribution in [-0.4, -0.2) is 76.3 Å². The van der Waals surface area contributed by atoms with E-state index in [2.05, 4.69) is 0 Å². The van der Waals surface area contributed by atoms with Crippen LogP contribution in [0.2, 0.25) is 0 Å². The van der Waals surface area contributed by atoms with Crippen molar-refractivity contribution >= 4 is 17.4 Å². The molecule has 1 amide bonds. The zero-order chi connectivity index (χ0) is 25.1. The lowest BCUT2D eigenvalue weighted by Crippen LogP contribution is -3.05. The quantitative estimate of drug-likeness (QED) is 0.333. The number of nitrogens with one attached hydrogen (secondary N) is 1. The van der Waals surface area contributed by atoms with Crippen LogP contribution in [0.15, 0.2) is 42.0 Å². The van der Waals surface area contributed by atoms with Gasteiger partial charge < -0.3 is 33.9 Å². The van der Waals surface area contributed by atoms with Crippen molar-refractivity contribution in [3.8, 4) is 23.0 Å². The molecule has 2 aliphatic heterocycles. The van der Waals surface area contributed by atoms with Gasteiger partial charge in [0.15, 0.2) is 23.0 Å². The number of rotatable bonds is 8. The molecule has 1 atom stereocenters. The second-order valence-electron chi connectivity index (χ2n) is 8.74. The SMILES string of the molecule is COc1cccc([C@@H]2/C(=C(/O)c3ccc4c(c3)OCCO4)C(=O)C(=O)N2CCC[NH+](C)C)c1OC. The Morgan fingerprint density at radius 3 is 2.51 bits per heavy atom. The zero-order valence-electron chi connectivity index (χ0n) is 20.4. The van der Waals surface area contributed by atoms with Crippen LogP contribution in [0.5, 0.6) is 23.0 Å². The van der Waals surface area contributed by atoms with Gasteiger partial charge in [-0.3, -0.25) is 9.59 Å². The standard InChI is InChI=1S/C26H30N2O7/c1-27(2)11-6-12-28-22(17-7-5-8-19(32-3)25(17)33-4)21(24(30)26(28)31)23(29)16-9-10-18-20(15-16)35-14-13-34-18/h5,7-10,15,22,29H,6,11-14H2,1-4H3/p+1/b23-21-/t22-/m1/s1. The highest BCUT2D eigenvalue weighted by atomic mass is 16.6. The number of para-hydroxylation sites is 1. The predicted molar refractivity (Wildman–Crippen MR) is 128 cm³/mol. The summed E-state index contributed by atoms with van der Waals surface area (Å²) in [5.41, 5.74) is 0.912. The summed E-state index contributed by atoms with van der Waals surface area (Å²) in [5, 5.41) is 11.4. The van der Waals surface area contributed by atoms with E-state index in [1.807, 2.05) is 14.1 Å². The highest BCUT2D eigenvalue weighted by Crippen LogP contribution is 2.46. The summed E-state index contributed by atoms with van der Waals surface area (Å²) in [6.45, 7) is 1.98. The van der Waals surface area contributed by atoms with Crippen molar-refractivity contribution in [2.75, 3.05) is 54.6 Å². The zero-order valence-corrected chi connectivity index (χ0v) is 20.4. The molecule has 9 heteroatoms. The van der Waals surface area contributed by atoms with Gasteiger partial charge in [0.25, 0.3) is 11.7 Å². The van der Waals surface area contributed by atoms with Crippen LogP contribution in [0.3, 0.4) is 0 Å². The van der Waals surface area contributed by atoms with Gasteiger partial charge in [-0.2, -0.15) is 0 Å². The van der Waals surface area contributed by atoms with Crippen LogP contribution in [0, 0.1) is 0 Å². The van der Waals surface area contributed by atoms with Gasteiger partial charge in [0.1, 0.15) is 19.0 Å². The number of ether oxygens (including phenoxy) is 4. The number of fused-ring (bicyclic) bond motifs is 1. The van der Waals surface area contributed by atoms with E-state index in [9.17, 15) is 14.7 Å². The maximum Gasteiger partial charge on any atom is 0.295 e. The lowest BCUT2D eigenvalue weighted by Gasteiger charge is -2.27. The molecule has 2 heterocycles. The van der Waals surface area contributed by atoms with Crippen molar-refractivity contribution in [1.82, 2.24) is 4.90 Å². The molecule has 4 rings (SSSR count). The first-order chi connectivity index (χ1) is 16.9. The van der Waals surface area contributed by atoms with E-state index in [1.165, 1.54) is 24.0 Å². The number of nitrogens with zero attached hydrogens (tertiary/aromatic N) is 1. The van der Waals surface area contributed by atoms with Crippen molar-refractivity contribution < 1.29 is 38.5 Å². The topological polar surface area (TPSA) is 99.0 Å². The number of methoxy groups -OCH3 is 2. The van der Waals surface area contributed by atoms with E-state index in [1.54, 1.807) is 36.4 Å². The molecular weight excluding hydrogens is 452 g/mol. The fraction of sp³-hybridized carbons (Fsp3) is 0.385. The third-order valence-corrected chi connectivity index (χ3v) is 6.16. The van der Waals surface area contributed by atoms with Crippen LogP contribution in [0.4, 0.5) is 0 Å². The molecule has 1 fully saturated rings. The van der Waals surface area contributed by atoms with Gasteiger partial charge in [0.2, 0.25) is 0 Å². The van der Waals surface area contributed by atoms with Crippen molar-refractivity contribution in [1.29, 1.82) is 0 Å². The smallest absolute Gasteiger partial charge is 0.295 e. The van der Waals surface area contributed by atoms with Crippen molar-refractivity contribution in [2.45, 2.75) is 12.5 Å². The molecule has 0 spiro atoms. The Balaban J connectivity index is 1.86. The summed E-state index contributed by atoms with van der Waals surface area (Å²) < 4.78 is 22.3. The highest BCUT2D eigenvalue weighted by Gasteiger charge is 2.47. The van der Waals surface area contributed by atoms with E-state index in [-0.39, 0.29) is 11.3 Å². The van der Waals surface area contributed by atoms with Gasteiger partial charge >= 0.3 is 0 Å². The molecule has 2 aromatic carbocycles. The van der Waals surface area contributed by atoms with Gasteiger partial charge in [0.05, 0.1) is 46.5 Å². The number of carbonyl (C=O) groups excluding carboxylic acids is 2. The number of quaternary nitrogens is 1. The van der Waals surface area contributed by atoms with Gasteiger partial charge in [-0.05, 0) is 24.3 Å². The predicted octanol–water partition coefficient (Wildman–Crippen LogP) is 1.43. The minimum atomic E-state index is -0.842. The van der Waals surface area contributed by atoms with Gasteiger partial charge in [-0.15, -0.1) is 0 Å². The number of carbonyl (C=O) groups is 2. The van der Waals surface area contributed by atoms with E-state index < -0.39 is 17.7 Å². The Morgan fingerprint density at radius 2 is 1.83 bits per heavy atom. The third kappa shape index (κ3) is 4.64. The summed E-state index contributed by atoms with van der Waals surface area (Å²) in [5.74, 6) is 0.212. The molecule has 2 aliphatic rings. The first-order valence-electron chi connectivity index (χ1n) is 11.6. The van der Waals surface area contributed by atoms with Crippen LogP contribution in [-0.2, 0) is 9.59 Å². The fourth-order valence-corrected chi connectivity index (χ4v) is 4.51. The minimum Gasteiger partial charge on any atom is -0.507 e. The van der Waals surface area contributed by atoms with E-state index >= 15 is 0 Å². The normalized spacial score (nSPS) is 18.8. The van der Waals surface area contributed by atoms with Gasteiger partial charge in [0, 0.05) is 24.1 Å². The summed E-state index contributed by atoms with van der Waals surface area (Å²) in [6.07, 6.45) is 0.683. The number of hydrogen-bond donors (Lipinski definition) is 2. The highest BCUT2D eigenvalue weighted by molar-refractivity contribution is 6.46. The maximum absolute atomic E-state index is 13.3. The number of likely N-dealkylation sites (tertiary alicyclic amines) is 1. The lowest BCUT2D eigenvalue weighted by atomic mass is 9.94. The molecule has 1 saturated heterocycles. The van der Waals surface area contributed by atoms with Gasteiger partial charge in [-0.1, -0.05) is 12.1 Å². The number of hydrogen-bond acceptors (Lipinski definition) is 7. The molecule has 186 valence electrons. The number of aliphatic hydroxyl groups excluding tert-OH is 1. The van der Waals surface area contributed by atoms with E-state index in [0.29, 0.717) is 60.3 Å². The van der Waals surface area contributed by atoms with Crippen LogP contribution < -0.4 is 23.8 Å². The Labute approximate surface area is 204 Å². The fourth-order valence-electron chi connectivity index (χ4n) is 4.51. The summed E-state index contributed by atoms with van der Waals surface area (Å²) in [6, 6.07) is 9.39. The average Bonchev–Trinajstić information content (AvgIpc) is 3.12. The maximum atomic E-state index is 13.3. The molecule has 2 aromatic rings. The molecule has 0 bridgehead atoms. The molecule has 35 heavy (non-hydrogen) atoms. The Bertz CT molecular complexity index is 1160. The van der Waals surface area contributed by atoms with E-state index in [0.717, 1.165) is 6.54 Å².